The minimum atomic E-state index is -0.470. The lowest BCUT2D eigenvalue weighted by molar-refractivity contribution is 0.0143. The van der Waals surface area contributed by atoms with Gasteiger partial charge in [0.25, 0.3) is 0 Å². The van der Waals surface area contributed by atoms with Gasteiger partial charge in [-0.3, -0.25) is 9.80 Å². The highest BCUT2D eigenvalue weighted by Gasteiger charge is 2.28. The first-order valence-electron chi connectivity index (χ1n) is 17.6. The van der Waals surface area contributed by atoms with E-state index in [-0.39, 0.29) is 12.0 Å². The molecule has 2 aliphatic heterocycles. The van der Waals surface area contributed by atoms with E-state index in [1.165, 1.54) is 22.3 Å². The number of nitrogens with one attached hydrogen (secondary N) is 1. The second kappa shape index (κ2) is 18.8. The van der Waals surface area contributed by atoms with Crippen LogP contribution < -0.4 is 5.32 Å². The zero-order valence-corrected chi connectivity index (χ0v) is 32.7. The third kappa shape index (κ3) is 12.4. The quantitative estimate of drug-likeness (QED) is 0.194. The van der Waals surface area contributed by atoms with Gasteiger partial charge in [0, 0.05) is 97.4 Å². The summed E-state index contributed by atoms with van der Waals surface area (Å²) in [6, 6.07) is 32.4. The Morgan fingerprint density at radius 2 is 0.882 bits per heavy atom. The molecular weight excluding hydrogens is 722 g/mol. The van der Waals surface area contributed by atoms with Crippen molar-refractivity contribution in [3.05, 3.63) is 139 Å². The molecule has 51 heavy (non-hydrogen) atoms. The summed E-state index contributed by atoms with van der Waals surface area (Å²) in [5.74, 6) is 0.547. The van der Waals surface area contributed by atoms with Gasteiger partial charge in [0.1, 0.15) is 5.60 Å². The molecule has 1 N–H and O–H groups in total. The molecule has 4 aromatic carbocycles. The molecule has 1 amide bonds. The van der Waals surface area contributed by atoms with Crippen molar-refractivity contribution in [1.82, 2.24) is 20.0 Å². The van der Waals surface area contributed by atoms with Crippen molar-refractivity contribution in [2.45, 2.75) is 38.2 Å². The Kier molecular flexibility index (Phi) is 14.5. The number of rotatable bonds is 8. The van der Waals surface area contributed by atoms with Crippen LogP contribution in [0.3, 0.4) is 0 Å². The van der Waals surface area contributed by atoms with Crippen LogP contribution in [0, 0.1) is 0 Å². The summed E-state index contributed by atoms with van der Waals surface area (Å²) in [5.41, 5.74) is 4.55. The standard InChI is InChI=1S/C23H28Cl2N2O2.C18H20Cl2N2/c1-23(2,3)29-22(28)27-14-12-26(13-15-27)16-21(17-4-8-19(24)9-5-17)18-6-10-20(25)11-7-18;19-16-5-1-14(2-6-16)18(13-22-11-9-21-10-12-22)15-3-7-17(20)8-4-15/h4-11,21H,12-16H2,1-3H3;1-8,18,21H,9-13H2. The van der Waals surface area contributed by atoms with Crippen LogP contribution in [0.2, 0.25) is 20.1 Å². The molecule has 4 aromatic rings. The number of ether oxygens (including phenoxy) is 1. The maximum atomic E-state index is 12.3. The molecule has 272 valence electrons. The van der Waals surface area contributed by atoms with Crippen LogP contribution in [0.15, 0.2) is 97.1 Å². The predicted molar refractivity (Wildman–Crippen MR) is 213 cm³/mol. The van der Waals surface area contributed by atoms with E-state index in [9.17, 15) is 4.79 Å². The highest BCUT2D eigenvalue weighted by Crippen LogP contribution is 2.30. The first-order chi connectivity index (χ1) is 24.4. The SMILES string of the molecule is CC(C)(C)OC(=O)N1CCN(CC(c2ccc(Cl)cc2)c2ccc(Cl)cc2)CC1.Clc1ccc(C(CN2CCNCC2)c2ccc(Cl)cc2)cc1. The highest BCUT2D eigenvalue weighted by atomic mass is 35.5. The molecular formula is C41H48Cl4N4O2. The third-order valence-corrected chi connectivity index (χ3v) is 10.2. The molecule has 0 radical (unpaired) electrons. The summed E-state index contributed by atoms with van der Waals surface area (Å²) in [6.07, 6.45) is -0.232. The lowest BCUT2D eigenvalue weighted by Crippen LogP contribution is -2.50. The van der Waals surface area contributed by atoms with Crippen LogP contribution in [-0.2, 0) is 4.74 Å². The number of nitrogens with zero attached hydrogens (tertiary/aromatic N) is 3. The van der Waals surface area contributed by atoms with Crippen molar-refractivity contribution < 1.29 is 9.53 Å². The van der Waals surface area contributed by atoms with E-state index in [1.54, 1.807) is 4.90 Å². The summed E-state index contributed by atoms with van der Waals surface area (Å²) in [6.45, 7) is 14.9. The van der Waals surface area contributed by atoms with Crippen LogP contribution in [0.4, 0.5) is 4.79 Å². The second-order valence-electron chi connectivity index (χ2n) is 14.1. The summed E-state index contributed by atoms with van der Waals surface area (Å²) < 4.78 is 5.50. The minimum absolute atomic E-state index is 0.206. The smallest absolute Gasteiger partial charge is 0.410 e. The van der Waals surface area contributed by atoms with Crippen molar-refractivity contribution >= 4 is 52.5 Å². The maximum Gasteiger partial charge on any atom is 0.410 e. The van der Waals surface area contributed by atoms with E-state index in [0.29, 0.717) is 19.0 Å². The normalized spacial score (nSPS) is 15.8. The molecule has 2 heterocycles. The summed E-state index contributed by atoms with van der Waals surface area (Å²) in [5, 5.41) is 6.43. The van der Waals surface area contributed by atoms with Gasteiger partial charge in [-0.2, -0.15) is 0 Å². The monoisotopic (exact) mass is 768 g/mol. The van der Waals surface area contributed by atoms with Gasteiger partial charge in [0.05, 0.1) is 0 Å². The van der Waals surface area contributed by atoms with Gasteiger partial charge < -0.3 is 15.0 Å². The number of hydrogen-bond acceptors (Lipinski definition) is 5. The molecule has 10 heteroatoms. The Morgan fingerprint density at radius 3 is 1.20 bits per heavy atom. The summed E-state index contributed by atoms with van der Waals surface area (Å²) in [7, 11) is 0. The number of halogens is 4. The Morgan fingerprint density at radius 1 is 0.569 bits per heavy atom. The van der Waals surface area contributed by atoms with Crippen molar-refractivity contribution in [3.63, 3.8) is 0 Å². The molecule has 0 aromatic heterocycles. The average Bonchev–Trinajstić information content (AvgIpc) is 3.12. The van der Waals surface area contributed by atoms with Gasteiger partial charge in [-0.15, -0.1) is 0 Å². The lowest BCUT2D eigenvalue weighted by Gasteiger charge is -2.37. The van der Waals surface area contributed by atoms with Gasteiger partial charge in [0.15, 0.2) is 0 Å². The lowest BCUT2D eigenvalue weighted by atomic mass is 9.90. The molecule has 6 rings (SSSR count). The second-order valence-corrected chi connectivity index (χ2v) is 15.9. The first-order valence-corrected chi connectivity index (χ1v) is 19.1. The molecule has 2 aliphatic rings. The number of piperazine rings is 2. The third-order valence-electron chi connectivity index (χ3n) is 9.20. The van der Waals surface area contributed by atoms with Crippen LogP contribution >= 0.6 is 46.4 Å². The average molecular weight is 771 g/mol. The Balaban J connectivity index is 0.000000205. The molecule has 0 saturated carbocycles. The largest absolute Gasteiger partial charge is 0.444 e. The Hall–Kier alpha value is -2.81. The van der Waals surface area contributed by atoms with Gasteiger partial charge in [0.2, 0.25) is 0 Å². The molecule has 0 atom stereocenters. The van der Waals surface area contributed by atoms with Gasteiger partial charge >= 0.3 is 6.09 Å². The van der Waals surface area contributed by atoms with E-state index < -0.39 is 5.60 Å². The Bertz CT molecular complexity index is 1560. The number of hydrogen-bond donors (Lipinski definition) is 1. The van der Waals surface area contributed by atoms with Crippen molar-refractivity contribution in [3.8, 4) is 0 Å². The van der Waals surface area contributed by atoms with Crippen molar-refractivity contribution in [2.24, 2.45) is 0 Å². The minimum Gasteiger partial charge on any atom is -0.444 e. The fraction of sp³-hybridized carbons (Fsp3) is 0.390. The van der Waals surface area contributed by atoms with E-state index in [1.807, 2.05) is 69.3 Å². The molecule has 6 nitrogen and oxygen atoms in total. The zero-order valence-electron chi connectivity index (χ0n) is 29.6. The van der Waals surface area contributed by atoms with Gasteiger partial charge in [-0.25, -0.2) is 4.79 Å². The van der Waals surface area contributed by atoms with Crippen molar-refractivity contribution in [2.75, 3.05) is 65.4 Å². The maximum absolute atomic E-state index is 12.3. The molecule has 0 bridgehead atoms. The first kappa shape index (κ1) is 39.4. The number of amides is 1. The summed E-state index contributed by atoms with van der Waals surface area (Å²) in [4.78, 5) is 19.0. The highest BCUT2D eigenvalue weighted by molar-refractivity contribution is 6.31. The zero-order chi connectivity index (χ0) is 36.4. The summed E-state index contributed by atoms with van der Waals surface area (Å²) >= 11 is 24.3. The fourth-order valence-electron chi connectivity index (χ4n) is 6.44. The predicted octanol–water partition coefficient (Wildman–Crippen LogP) is 9.71. The number of benzene rings is 4. The van der Waals surface area contributed by atoms with Crippen LogP contribution in [0.5, 0.6) is 0 Å². The van der Waals surface area contributed by atoms with Crippen molar-refractivity contribution in [1.29, 1.82) is 0 Å². The molecule has 2 fully saturated rings. The molecule has 0 unspecified atom stereocenters. The Labute approximate surface area is 323 Å². The number of carbonyl (C=O) groups excluding carboxylic acids is 1. The van der Waals surface area contributed by atoms with Crippen LogP contribution in [0.25, 0.3) is 0 Å². The van der Waals surface area contributed by atoms with Crippen LogP contribution in [0.1, 0.15) is 54.9 Å². The van der Waals surface area contributed by atoms with E-state index in [0.717, 1.165) is 72.4 Å². The molecule has 0 aliphatic carbocycles. The molecule has 0 spiro atoms. The fourth-order valence-corrected chi connectivity index (χ4v) is 6.94. The van der Waals surface area contributed by atoms with Gasteiger partial charge in [-0.1, -0.05) is 94.9 Å². The van der Waals surface area contributed by atoms with Crippen LogP contribution in [-0.4, -0.2) is 91.8 Å². The van der Waals surface area contributed by atoms with Gasteiger partial charge in [-0.05, 0) is 91.6 Å². The topological polar surface area (TPSA) is 48.1 Å². The molecule has 2 saturated heterocycles. The van der Waals surface area contributed by atoms with E-state index in [2.05, 4.69) is 63.6 Å². The van der Waals surface area contributed by atoms with E-state index >= 15 is 0 Å². The number of carbonyl (C=O) groups is 1. The van der Waals surface area contributed by atoms with E-state index in [4.69, 9.17) is 51.1 Å².